The van der Waals surface area contributed by atoms with Gasteiger partial charge in [-0.1, -0.05) is 32.0 Å². The number of benzene rings is 1. The molecule has 5 heteroatoms. The first-order valence-electron chi connectivity index (χ1n) is 7.30. The lowest BCUT2D eigenvalue weighted by molar-refractivity contribution is -0.137. The first-order chi connectivity index (χ1) is 10.1. The maximum Gasteiger partial charge on any atom is 0.260 e. The molecule has 0 radical (unpaired) electrons. The number of amides is 2. The molecule has 0 spiro atoms. The van der Waals surface area contributed by atoms with Crippen LogP contribution in [-0.2, 0) is 9.59 Å². The van der Waals surface area contributed by atoms with Crippen molar-refractivity contribution in [2.75, 3.05) is 32.8 Å². The first-order valence-corrected chi connectivity index (χ1v) is 7.30. The Labute approximate surface area is 125 Å². The molecule has 0 saturated carbocycles. The Kier molecular flexibility index (Phi) is 5.20. The Morgan fingerprint density at radius 2 is 1.90 bits per heavy atom. The maximum atomic E-state index is 12.1. The summed E-state index contributed by atoms with van der Waals surface area (Å²) >= 11 is 0. The summed E-state index contributed by atoms with van der Waals surface area (Å²) in [5.74, 6) is 1.10. The lowest BCUT2D eigenvalue weighted by Gasteiger charge is -2.32. The summed E-state index contributed by atoms with van der Waals surface area (Å²) in [5, 5.41) is 0. The molecule has 0 atom stereocenters. The lowest BCUT2D eigenvalue weighted by Crippen LogP contribution is -2.49. The van der Waals surface area contributed by atoms with E-state index >= 15 is 0 Å². The number of rotatable bonds is 5. The second-order valence-corrected chi connectivity index (χ2v) is 5.50. The van der Waals surface area contributed by atoms with Gasteiger partial charge in [0.1, 0.15) is 5.75 Å². The Morgan fingerprint density at radius 3 is 2.52 bits per heavy atom. The molecular formula is C16H22N2O3. The zero-order chi connectivity index (χ0) is 15.2. The van der Waals surface area contributed by atoms with E-state index in [0.717, 1.165) is 17.7 Å². The molecule has 1 heterocycles. The molecule has 1 fully saturated rings. The average Bonchev–Trinajstić information content (AvgIpc) is 2.52. The van der Waals surface area contributed by atoms with E-state index in [1.54, 1.807) is 9.80 Å². The third-order valence-corrected chi connectivity index (χ3v) is 3.71. The summed E-state index contributed by atoms with van der Waals surface area (Å²) in [6, 6.07) is 7.80. The van der Waals surface area contributed by atoms with Crippen molar-refractivity contribution in [2.45, 2.75) is 19.8 Å². The largest absolute Gasteiger partial charge is 0.483 e. The van der Waals surface area contributed by atoms with Gasteiger partial charge in [0.2, 0.25) is 6.41 Å². The molecule has 0 aliphatic carbocycles. The van der Waals surface area contributed by atoms with Crippen molar-refractivity contribution < 1.29 is 14.3 Å². The van der Waals surface area contributed by atoms with Gasteiger partial charge in [0, 0.05) is 26.2 Å². The number of ether oxygens (including phenoxy) is 1. The molecular weight excluding hydrogens is 268 g/mol. The Morgan fingerprint density at radius 1 is 1.24 bits per heavy atom. The topological polar surface area (TPSA) is 49.9 Å². The first kappa shape index (κ1) is 15.4. The highest BCUT2D eigenvalue weighted by molar-refractivity contribution is 5.78. The van der Waals surface area contributed by atoms with E-state index in [2.05, 4.69) is 13.8 Å². The van der Waals surface area contributed by atoms with Crippen LogP contribution in [0.5, 0.6) is 5.75 Å². The van der Waals surface area contributed by atoms with Crippen LogP contribution in [-0.4, -0.2) is 54.9 Å². The fourth-order valence-electron chi connectivity index (χ4n) is 2.40. The van der Waals surface area contributed by atoms with Gasteiger partial charge in [-0.05, 0) is 17.5 Å². The molecule has 0 unspecified atom stereocenters. The van der Waals surface area contributed by atoms with Crippen LogP contribution in [0.3, 0.4) is 0 Å². The van der Waals surface area contributed by atoms with Crippen molar-refractivity contribution in [3.05, 3.63) is 29.8 Å². The Bertz CT molecular complexity index is 494. The number of para-hydroxylation sites is 1. The molecule has 1 aromatic rings. The standard InChI is InChI=1S/C16H22N2O3/c1-13(2)14-5-3-4-6-15(14)21-11-16(20)18-9-7-17(12-19)8-10-18/h3-6,12-13H,7-11H2,1-2H3. The van der Waals surface area contributed by atoms with Gasteiger partial charge in [0.15, 0.2) is 6.61 Å². The predicted molar refractivity (Wildman–Crippen MR) is 80.2 cm³/mol. The van der Waals surface area contributed by atoms with E-state index in [1.165, 1.54) is 0 Å². The minimum absolute atomic E-state index is 0.0286. The molecule has 2 amide bonds. The molecule has 1 aliphatic rings. The van der Waals surface area contributed by atoms with Crippen LogP contribution in [0, 0.1) is 0 Å². The van der Waals surface area contributed by atoms with Crippen molar-refractivity contribution in [3.63, 3.8) is 0 Å². The summed E-state index contributed by atoms with van der Waals surface area (Å²) < 4.78 is 5.69. The predicted octanol–water partition coefficient (Wildman–Crippen LogP) is 1.49. The fraction of sp³-hybridized carbons (Fsp3) is 0.500. The molecule has 1 aromatic carbocycles. The molecule has 21 heavy (non-hydrogen) atoms. The van der Waals surface area contributed by atoms with Crippen molar-refractivity contribution in [1.82, 2.24) is 9.80 Å². The van der Waals surface area contributed by atoms with Crippen molar-refractivity contribution in [1.29, 1.82) is 0 Å². The maximum absolute atomic E-state index is 12.1. The van der Waals surface area contributed by atoms with Crippen molar-refractivity contribution in [2.24, 2.45) is 0 Å². The Balaban J connectivity index is 1.89. The monoisotopic (exact) mass is 290 g/mol. The number of hydrogen-bond donors (Lipinski definition) is 0. The summed E-state index contributed by atoms with van der Waals surface area (Å²) in [4.78, 5) is 26.2. The van der Waals surface area contributed by atoms with E-state index in [9.17, 15) is 9.59 Å². The lowest BCUT2D eigenvalue weighted by atomic mass is 10.0. The van der Waals surface area contributed by atoms with Gasteiger partial charge in [0.25, 0.3) is 5.91 Å². The SMILES string of the molecule is CC(C)c1ccccc1OCC(=O)N1CCN(C=O)CC1. The van der Waals surface area contributed by atoms with E-state index < -0.39 is 0 Å². The fourth-order valence-corrected chi connectivity index (χ4v) is 2.40. The van der Waals surface area contributed by atoms with Gasteiger partial charge in [-0.2, -0.15) is 0 Å². The van der Waals surface area contributed by atoms with Crippen LogP contribution < -0.4 is 4.74 Å². The second-order valence-electron chi connectivity index (χ2n) is 5.50. The summed E-state index contributed by atoms with van der Waals surface area (Å²) in [6.45, 7) is 6.59. The number of hydrogen-bond acceptors (Lipinski definition) is 3. The smallest absolute Gasteiger partial charge is 0.260 e. The minimum atomic E-state index is -0.0286. The summed E-state index contributed by atoms with van der Waals surface area (Å²) in [7, 11) is 0. The molecule has 1 aliphatic heterocycles. The van der Waals surface area contributed by atoms with Crippen molar-refractivity contribution in [3.8, 4) is 5.75 Å². The van der Waals surface area contributed by atoms with E-state index in [-0.39, 0.29) is 12.5 Å². The van der Waals surface area contributed by atoms with Gasteiger partial charge in [0.05, 0.1) is 0 Å². The quantitative estimate of drug-likeness (QED) is 0.772. The zero-order valence-corrected chi connectivity index (χ0v) is 12.6. The van der Waals surface area contributed by atoms with E-state index in [0.29, 0.717) is 32.1 Å². The minimum Gasteiger partial charge on any atom is -0.483 e. The van der Waals surface area contributed by atoms with Crippen LogP contribution in [0.2, 0.25) is 0 Å². The van der Waals surface area contributed by atoms with Gasteiger partial charge >= 0.3 is 0 Å². The third-order valence-electron chi connectivity index (χ3n) is 3.71. The van der Waals surface area contributed by atoms with E-state index in [1.807, 2.05) is 24.3 Å². The Hall–Kier alpha value is -2.04. The molecule has 0 N–H and O–H groups in total. The van der Waals surface area contributed by atoms with Crippen LogP contribution in [0.1, 0.15) is 25.3 Å². The molecule has 5 nitrogen and oxygen atoms in total. The van der Waals surface area contributed by atoms with Crippen LogP contribution in [0.25, 0.3) is 0 Å². The molecule has 0 aromatic heterocycles. The summed E-state index contributed by atoms with van der Waals surface area (Å²) in [6.07, 6.45) is 0.831. The normalized spacial score (nSPS) is 15.2. The molecule has 114 valence electrons. The number of carbonyl (C=O) groups is 2. The van der Waals surface area contributed by atoms with Crippen LogP contribution >= 0.6 is 0 Å². The van der Waals surface area contributed by atoms with Crippen LogP contribution in [0.15, 0.2) is 24.3 Å². The number of piperazine rings is 1. The summed E-state index contributed by atoms with van der Waals surface area (Å²) in [5.41, 5.74) is 1.11. The van der Waals surface area contributed by atoms with Gasteiger partial charge in [-0.25, -0.2) is 0 Å². The number of carbonyl (C=O) groups excluding carboxylic acids is 2. The third kappa shape index (κ3) is 3.97. The van der Waals surface area contributed by atoms with Gasteiger partial charge in [-0.15, -0.1) is 0 Å². The highest BCUT2D eigenvalue weighted by Crippen LogP contribution is 2.25. The zero-order valence-electron chi connectivity index (χ0n) is 12.6. The molecule has 0 bridgehead atoms. The number of nitrogens with zero attached hydrogens (tertiary/aromatic N) is 2. The van der Waals surface area contributed by atoms with Gasteiger partial charge in [-0.3, -0.25) is 9.59 Å². The highest BCUT2D eigenvalue weighted by atomic mass is 16.5. The molecule has 1 saturated heterocycles. The van der Waals surface area contributed by atoms with Gasteiger partial charge < -0.3 is 14.5 Å². The van der Waals surface area contributed by atoms with Crippen molar-refractivity contribution >= 4 is 12.3 Å². The van der Waals surface area contributed by atoms with Crippen LogP contribution in [0.4, 0.5) is 0 Å². The highest BCUT2D eigenvalue weighted by Gasteiger charge is 2.20. The average molecular weight is 290 g/mol. The van der Waals surface area contributed by atoms with E-state index in [4.69, 9.17) is 4.74 Å². The second kappa shape index (κ2) is 7.11. The molecule has 2 rings (SSSR count).